The van der Waals surface area contributed by atoms with Gasteiger partial charge in [-0.1, -0.05) is 47.5 Å². The third-order valence-corrected chi connectivity index (χ3v) is 3.98. The first-order chi connectivity index (χ1) is 12.0. The minimum Gasteiger partial charge on any atom is -0.491 e. The Morgan fingerprint density at radius 1 is 1.28 bits per heavy atom. The van der Waals surface area contributed by atoms with E-state index < -0.39 is 6.10 Å². The highest BCUT2D eigenvalue weighted by molar-refractivity contribution is 6.35. The first kappa shape index (κ1) is 19.3. The molecule has 0 saturated carbocycles. The third-order valence-electron chi connectivity index (χ3n) is 3.41. The number of carbonyl (C=O) groups is 1. The van der Waals surface area contributed by atoms with Gasteiger partial charge in [0.25, 0.3) is 0 Å². The standard InChI is InChI=1S/C19H19Cl2NO3/c1-13-4-2-3-5-18(13)25-12-16(23)11-22-19(24)9-7-14-6-8-15(20)10-17(14)21/h2-10,16,23H,11-12H2,1H3,(H,22,24)/b9-7+. The highest BCUT2D eigenvalue weighted by atomic mass is 35.5. The Balaban J connectivity index is 1.77. The van der Waals surface area contributed by atoms with Crippen molar-refractivity contribution in [2.24, 2.45) is 0 Å². The van der Waals surface area contributed by atoms with Crippen molar-refractivity contribution in [2.45, 2.75) is 13.0 Å². The zero-order valence-corrected chi connectivity index (χ0v) is 15.2. The molecule has 0 fully saturated rings. The van der Waals surface area contributed by atoms with Crippen LogP contribution in [0.15, 0.2) is 48.5 Å². The van der Waals surface area contributed by atoms with E-state index in [-0.39, 0.29) is 19.1 Å². The minimum atomic E-state index is -0.809. The summed E-state index contributed by atoms with van der Waals surface area (Å²) in [7, 11) is 0. The maximum atomic E-state index is 11.8. The predicted molar refractivity (Wildman–Crippen MR) is 101 cm³/mol. The maximum absolute atomic E-state index is 11.8. The monoisotopic (exact) mass is 379 g/mol. The van der Waals surface area contributed by atoms with Gasteiger partial charge in [0, 0.05) is 22.7 Å². The average Bonchev–Trinajstić information content (AvgIpc) is 2.58. The van der Waals surface area contributed by atoms with Gasteiger partial charge in [0.2, 0.25) is 5.91 Å². The van der Waals surface area contributed by atoms with Crippen LogP contribution in [0.1, 0.15) is 11.1 Å². The number of amides is 1. The van der Waals surface area contributed by atoms with Crippen LogP contribution in [0.25, 0.3) is 6.08 Å². The maximum Gasteiger partial charge on any atom is 0.244 e. The lowest BCUT2D eigenvalue weighted by Crippen LogP contribution is -2.34. The van der Waals surface area contributed by atoms with Crippen LogP contribution in [0, 0.1) is 6.92 Å². The molecule has 1 amide bonds. The molecule has 0 spiro atoms. The first-order valence-electron chi connectivity index (χ1n) is 7.73. The normalized spacial score (nSPS) is 12.2. The number of carbonyl (C=O) groups excluding carboxylic acids is 1. The van der Waals surface area contributed by atoms with Crippen molar-refractivity contribution in [3.63, 3.8) is 0 Å². The van der Waals surface area contributed by atoms with Crippen LogP contribution >= 0.6 is 23.2 Å². The summed E-state index contributed by atoms with van der Waals surface area (Å²) in [6.45, 7) is 2.11. The fourth-order valence-corrected chi connectivity index (χ4v) is 2.51. The smallest absolute Gasteiger partial charge is 0.244 e. The molecule has 0 aromatic heterocycles. The lowest BCUT2D eigenvalue weighted by Gasteiger charge is -2.14. The molecule has 0 radical (unpaired) electrons. The van der Waals surface area contributed by atoms with E-state index in [1.165, 1.54) is 6.08 Å². The Bertz CT molecular complexity index is 762. The summed E-state index contributed by atoms with van der Waals surface area (Å²) in [5.41, 5.74) is 1.67. The molecule has 132 valence electrons. The molecule has 6 heteroatoms. The number of para-hydroxylation sites is 1. The first-order valence-corrected chi connectivity index (χ1v) is 8.49. The Morgan fingerprint density at radius 3 is 2.76 bits per heavy atom. The minimum absolute atomic E-state index is 0.0867. The van der Waals surface area contributed by atoms with Gasteiger partial charge in [-0.05, 0) is 42.3 Å². The molecule has 1 unspecified atom stereocenters. The van der Waals surface area contributed by atoms with Gasteiger partial charge in [0.05, 0.1) is 0 Å². The van der Waals surface area contributed by atoms with Crippen LogP contribution in [0.4, 0.5) is 0 Å². The number of benzene rings is 2. The number of hydrogen-bond donors (Lipinski definition) is 2. The molecule has 0 heterocycles. The number of nitrogens with one attached hydrogen (secondary N) is 1. The van der Waals surface area contributed by atoms with Crippen LogP contribution in [-0.4, -0.2) is 30.3 Å². The summed E-state index contributed by atoms with van der Waals surface area (Å²) in [5.74, 6) is 0.381. The molecule has 2 N–H and O–H groups in total. The van der Waals surface area contributed by atoms with Gasteiger partial charge < -0.3 is 15.2 Å². The average molecular weight is 380 g/mol. The number of rotatable bonds is 7. The second kappa shape index (κ2) is 9.47. The Labute approximate surface area is 157 Å². The molecule has 2 aromatic rings. The lowest BCUT2D eigenvalue weighted by atomic mass is 10.2. The van der Waals surface area contributed by atoms with Crippen molar-refractivity contribution in [3.05, 3.63) is 69.7 Å². The molecule has 0 aliphatic rings. The number of aryl methyl sites for hydroxylation is 1. The number of aliphatic hydroxyl groups excluding tert-OH is 1. The van der Waals surface area contributed by atoms with Crippen LogP contribution in [-0.2, 0) is 4.79 Å². The molecule has 4 nitrogen and oxygen atoms in total. The molecule has 2 rings (SSSR count). The number of ether oxygens (including phenoxy) is 1. The quantitative estimate of drug-likeness (QED) is 0.717. The molecule has 25 heavy (non-hydrogen) atoms. The molecule has 2 aromatic carbocycles. The molecule has 0 bridgehead atoms. The van der Waals surface area contributed by atoms with E-state index >= 15 is 0 Å². The Hall–Kier alpha value is -2.01. The van der Waals surface area contributed by atoms with Crippen LogP contribution < -0.4 is 10.1 Å². The SMILES string of the molecule is Cc1ccccc1OCC(O)CNC(=O)/C=C/c1ccc(Cl)cc1Cl. The summed E-state index contributed by atoms with van der Waals surface area (Å²) in [6, 6.07) is 12.6. The van der Waals surface area contributed by atoms with Crippen molar-refractivity contribution >= 4 is 35.2 Å². The van der Waals surface area contributed by atoms with Gasteiger partial charge in [-0.25, -0.2) is 0 Å². The van der Waals surface area contributed by atoms with Gasteiger partial charge >= 0.3 is 0 Å². The zero-order chi connectivity index (χ0) is 18.2. The molecule has 0 aliphatic carbocycles. The van der Waals surface area contributed by atoms with Crippen LogP contribution in [0.3, 0.4) is 0 Å². The number of halogens is 2. The van der Waals surface area contributed by atoms with Crippen molar-refractivity contribution in [1.29, 1.82) is 0 Å². The van der Waals surface area contributed by atoms with Gasteiger partial charge in [0.1, 0.15) is 18.5 Å². The van der Waals surface area contributed by atoms with Gasteiger partial charge in [-0.3, -0.25) is 4.79 Å². The topological polar surface area (TPSA) is 58.6 Å². The van der Waals surface area contributed by atoms with Crippen LogP contribution in [0.5, 0.6) is 5.75 Å². The van der Waals surface area contributed by atoms with E-state index in [2.05, 4.69) is 5.32 Å². The Morgan fingerprint density at radius 2 is 2.04 bits per heavy atom. The number of hydrogen-bond acceptors (Lipinski definition) is 3. The zero-order valence-electron chi connectivity index (χ0n) is 13.7. The van der Waals surface area contributed by atoms with Crippen molar-refractivity contribution in [2.75, 3.05) is 13.2 Å². The fourth-order valence-electron chi connectivity index (χ4n) is 2.04. The molecule has 0 aliphatic heterocycles. The summed E-state index contributed by atoms with van der Waals surface area (Å²) in [4.78, 5) is 11.8. The summed E-state index contributed by atoms with van der Waals surface area (Å²) >= 11 is 11.8. The summed E-state index contributed by atoms with van der Waals surface area (Å²) in [6.07, 6.45) is 2.13. The highest BCUT2D eigenvalue weighted by Gasteiger charge is 2.08. The number of aliphatic hydroxyl groups is 1. The van der Waals surface area contributed by atoms with E-state index in [4.69, 9.17) is 27.9 Å². The summed E-state index contributed by atoms with van der Waals surface area (Å²) in [5, 5.41) is 13.5. The Kier molecular flexibility index (Phi) is 7.31. The molecule has 1 atom stereocenters. The largest absolute Gasteiger partial charge is 0.491 e. The molecular weight excluding hydrogens is 361 g/mol. The van der Waals surface area contributed by atoms with Crippen molar-refractivity contribution in [3.8, 4) is 5.75 Å². The molecule has 0 saturated heterocycles. The second-order valence-electron chi connectivity index (χ2n) is 5.47. The highest BCUT2D eigenvalue weighted by Crippen LogP contribution is 2.21. The van der Waals surface area contributed by atoms with Crippen LogP contribution in [0.2, 0.25) is 10.0 Å². The fraction of sp³-hybridized carbons (Fsp3) is 0.211. The van der Waals surface area contributed by atoms with Crippen molar-refractivity contribution < 1.29 is 14.6 Å². The van der Waals surface area contributed by atoms with E-state index in [1.807, 2.05) is 31.2 Å². The predicted octanol–water partition coefficient (Wildman–Crippen LogP) is 3.87. The lowest BCUT2D eigenvalue weighted by molar-refractivity contribution is -0.117. The van der Waals surface area contributed by atoms with Gasteiger partial charge in [0.15, 0.2) is 0 Å². The van der Waals surface area contributed by atoms with E-state index in [0.29, 0.717) is 21.4 Å². The van der Waals surface area contributed by atoms with Crippen molar-refractivity contribution in [1.82, 2.24) is 5.32 Å². The van der Waals surface area contributed by atoms with E-state index in [9.17, 15) is 9.90 Å². The van der Waals surface area contributed by atoms with Gasteiger partial charge in [-0.2, -0.15) is 0 Å². The van der Waals surface area contributed by atoms with Gasteiger partial charge in [-0.15, -0.1) is 0 Å². The summed E-state index contributed by atoms with van der Waals surface area (Å²) < 4.78 is 5.54. The third kappa shape index (κ3) is 6.42. The van der Waals surface area contributed by atoms with E-state index in [1.54, 1.807) is 24.3 Å². The van der Waals surface area contributed by atoms with E-state index in [0.717, 1.165) is 5.56 Å². The second-order valence-corrected chi connectivity index (χ2v) is 6.32. The molecular formula is C19H19Cl2NO3.